The molecule has 0 aromatic heterocycles. The lowest BCUT2D eigenvalue weighted by molar-refractivity contribution is -0.127. The number of thioether (sulfide) groups is 1. The van der Waals surface area contributed by atoms with Crippen LogP contribution in [0.5, 0.6) is 5.75 Å². The van der Waals surface area contributed by atoms with Crippen LogP contribution in [-0.2, 0) is 11.3 Å². The number of rotatable bonds is 9. The molecule has 1 unspecified atom stereocenters. The van der Waals surface area contributed by atoms with Crippen molar-refractivity contribution in [2.75, 3.05) is 18.6 Å². The summed E-state index contributed by atoms with van der Waals surface area (Å²) in [6.07, 6.45) is -0.610. The number of benzene rings is 2. The second-order valence-electron chi connectivity index (χ2n) is 5.71. The molecule has 140 valence electrons. The van der Waals surface area contributed by atoms with Crippen molar-refractivity contribution in [1.82, 2.24) is 4.90 Å². The summed E-state index contributed by atoms with van der Waals surface area (Å²) >= 11 is 1.37. The number of aliphatic hydroxyl groups excluding tert-OH is 1. The van der Waals surface area contributed by atoms with Gasteiger partial charge in [-0.1, -0.05) is 42.5 Å². The number of nitrogens with zero attached hydrogens (tertiary/aromatic N) is 1. The highest BCUT2D eigenvalue weighted by Gasteiger charge is 2.12. The summed E-state index contributed by atoms with van der Waals surface area (Å²) in [6, 6.07) is 15.5. The molecule has 7 heteroatoms. The van der Waals surface area contributed by atoms with Gasteiger partial charge in [-0.3, -0.25) is 4.79 Å². The molecule has 2 rings (SSSR count). The van der Waals surface area contributed by atoms with Crippen LogP contribution in [0.15, 0.2) is 54.6 Å². The molecular weight excluding hydrogens is 360 g/mol. The Morgan fingerprint density at radius 2 is 1.81 bits per heavy atom. The molecule has 2 aromatic carbocycles. The minimum atomic E-state index is -2.85. The molecule has 0 aliphatic rings. The van der Waals surface area contributed by atoms with Crippen molar-refractivity contribution in [3.63, 3.8) is 0 Å². The van der Waals surface area contributed by atoms with Gasteiger partial charge >= 0.3 is 6.61 Å². The van der Waals surface area contributed by atoms with Crippen LogP contribution in [0, 0.1) is 0 Å². The van der Waals surface area contributed by atoms with E-state index < -0.39 is 12.7 Å². The van der Waals surface area contributed by atoms with Gasteiger partial charge in [-0.25, -0.2) is 0 Å². The van der Waals surface area contributed by atoms with Gasteiger partial charge in [-0.15, -0.1) is 11.8 Å². The fraction of sp³-hybridized carbons (Fsp3) is 0.316. The summed E-state index contributed by atoms with van der Waals surface area (Å²) in [7, 11) is 1.68. The fourth-order valence-electron chi connectivity index (χ4n) is 2.28. The molecule has 1 amide bonds. The molecule has 0 radical (unpaired) electrons. The lowest BCUT2D eigenvalue weighted by atomic mass is 10.1. The molecular formula is C19H21F2NO3S. The molecule has 0 bridgehead atoms. The highest BCUT2D eigenvalue weighted by atomic mass is 32.2. The van der Waals surface area contributed by atoms with Crippen LogP contribution in [0.4, 0.5) is 8.78 Å². The molecule has 26 heavy (non-hydrogen) atoms. The van der Waals surface area contributed by atoms with E-state index in [1.807, 2.05) is 30.3 Å². The number of hydrogen-bond acceptors (Lipinski definition) is 4. The Bertz CT molecular complexity index is 683. The smallest absolute Gasteiger partial charge is 0.387 e. The van der Waals surface area contributed by atoms with Gasteiger partial charge in [0.15, 0.2) is 0 Å². The van der Waals surface area contributed by atoms with Crippen LogP contribution in [0.1, 0.15) is 17.2 Å². The van der Waals surface area contributed by atoms with Crippen LogP contribution in [0.25, 0.3) is 0 Å². The van der Waals surface area contributed by atoms with Crippen molar-refractivity contribution in [2.24, 2.45) is 0 Å². The zero-order valence-electron chi connectivity index (χ0n) is 14.3. The van der Waals surface area contributed by atoms with Crippen molar-refractivity contribution in [3.8, 4) is 5.75 Å². The van der Waals surface area contributed by atoms with E-state index in [2.05, 4.69) is 4.74 Å². The van der Waals surface area contributed by atoms with E-state index in [1.165, 1.54) is 23.9 Å². The average molecular weight is 381 g/mol. The van der Waals surface area contributed by atoms with Gasteiger partial charge in [-0.2, -0.15) is 8.78 Å². The molecule has 0 saturated carbocycles. The summed E-state index contributed by atoms with van der Waals surface area (Å²) in [5, 5.41) is 10.1. The molecule has 0 heterocycles. The Morgan fingerprint density at radius 1 is 1.15 bits per heavy atom. The van der Waals surface area contributed by atoms with Crippen LogP contribution >= 0.6 is 11.8 Å². The van der Waals surface area contributed by atoms with Crippen LogP contribution in [0.3, 0.4) is 0 Å². The van der Waals surface area contributed by atoms with Gasteiger partial charge in [0.05, 0.1) is 11.9 Å². The maximum absolute atomic E-state index is 12.2. The van der Waals surface area contributed by atoms with Gasteiger partial charge in [0.1, 0.15) is 5.75 Å². The largest absolute Gasteiger partial charge is 0.435 e. The molecule has 1 N–H and O–H groups in total. The summed E-state index contributed by atoms with van der Waals surface area (Å²) < 4.78 is 28.5. The Labute approximate surface area is 155 Å². The van der Waals surface area contributed by atoms with E-state index in [0.717, 1.165) is 11.1 Å². The van der Waals surface area contributed by atoms with E-state index in [1.54, 1.807) is 24.1 Å². The zero-order valence-corrected chi connectivity index (χ0v) is 15.2. The lowest BCUT2D eigenvalue weighted by Gasteiger charge is -2.18. The van der Waals surface area contributed by atoms with Crippen molar-refractivity contribution < 1.29 is 23.4 Å². The first-order chi connectivity index (χ1) is 12.5. The summed E-state index contributed by atoms with van der Waals surface area (Å²) in [4.78, 5) is 13.7. The Morgan fingerprint density at radius 3 is 2.42 bits per heavy atom. The van der Waals surface area contributed by atoms with Gasteiger partial charge < -0.3 is 14.7 Å². The number of carbonyl (C=O) groups excluding carboxylic acids is 1. The lowest BCUT2D eigenvalue weighted by Crippen LogP contribution is -2.28. The minimum Gasteiger partial charge on any atom is -0.435 e. The second-order valence-corrected chi connectivity index (χ2v) is 6.74. The molecule has 2 aromatic rings. The first-order valence-electron chi connectivity index (χ1n) is 8.04. The van der Waals surface area contributed by atoms with Crippen LogP contribution in [0.2, 0.25) is 0 Å². The molecule has 0 aliphatic heterocycles. The topological polar surface area (TPSA) is 49.8 Å². The molecule has 0 fully saturated rings. The van der Waals surface area contributed by atoms with Crippen molar-refractivity contribution >= 4 is 17.7 Å². The first kappa shape index (κ1) is 20.2. The maximum atomic E-state index is 12.2. The predicted molar refractivity (Wildman–Crippen MR) is 98.3 cm³/mol. The van der Waals surface area contributed by atoms with E-state index in [0.29, 0.717) is 12.3 Å². The normalized spacial score (nSPS) is 12.0. The van der Waals surface area contributed by atoms with Crippen molar-refractivity contribution in [2.45, 2.75) is 19.3 Å². The molecule has 1 atom stereocenters. The van der Waals surface area contributed by atoms with Crippen molar-refractivity contribution in [3.05, 3.63) is 65.7 Å². The van der Waals surface area contributed by atoms with E-state index in [-0.39, 0.29) is 17.4 Å². The highest BCUT2D eigenvalue weighted by Crippen LogP contribution is 2.19. The predicted octanol–water partition coefficient (Wildman–Crippen LogP) is 3.71. The highest BCUT2D eigenvalue weighted by molar-refractivity contribution is 7.99. The number of amides is 1. The number of aliphatic hydroxyl groups is 1. The zero-order chi connectivity index (χ0) is 18.9. The summed E-state index contributed by atoms with van der Waals surface area (Å²) in [5.74, 6) is 0.710. The Kier molecular flexibility index (Phi) is 7.87. The Balaban J connectivity index is 1.75. The third-order valence-electron chi connectivity index (χ3n) is 3.68. The Hall–Kier alpha value is -2.12. The number of ether oxygens (including phenoxy) is 1. The molecule has 0 spiro atoms. The quantitative estimate of drug-likeness (QED) is 0.719. The van der Waals surface area contributed by atoms with E-state index in [4.69, 9.17) is 0 Å². The van der Waals surface area contributed by atoms with E-state index in [9.17, 15) is 18.7 Å². The van der Waals surface area contributed by atoms with Gasteiger partial charge in [0.2, 0.25) is 5.91 Å². The van der Waals surface area contributed by atoms with E-state index >= 15 is 0 Å². The maximum Gasteiger partial charge on any atom is 0.387 e. The number of halogens is 2. The third-order valence-corrected chi connectivity index (χ3v) is 4.68. The molecule has 0 aliphatic carbocycles. The van der Waals surface area contributed by atoms with Crippen molar-refractivity contribution in [1.29, 1.82) is 0 Å². The van der Waals surface area contributed by atoms with Gasteiger partial charge in [0.25, 0.3) is 0 Å². The SMILES string of the molecule is CN(Cc1ccc(OC(F)F)cc1)C(=O)CSCC(O)c1ccccc1. The number of hydrogen-bond donors (Lipinski definition) is 1. The molecule has 0 saturated heterocycles. The number of alkyl halides is 2. The average Bonchev–Trinajstić information content (AvgIpc) is 2.63. The fourth-order valence-corrected chi connectivity index (χ4v) is 3.21. The minimum absolute atomic E-state index is 0.0665. The second kappa shape index (κ2) is 10.1. The van der Waals surface area contributed by atoms with Crippen LogP contribution < -0.4 is 4.74 Å². The number of carbonyl (C=O) groups is 1. The standard InChI is InChI=1S/C19H21F2NO3S/c1-22(11-14-7-9-16(10-8-14)25-19(20)21)18(24)13-26-12-17(23)15-5-3-2-4-6-15/h2-10,17,19,23H,11-13H2,1H3. The first-order valence-corrected chi connectivity index (χ1v) is 9.19. The monoisotopic (exact) mass is 381 g/mol. The van der Waals surface area contributed by atoms with Gasteiger partial charge in [-0.05, 0) is 23.3 Å². The third kappa shape index (κ3) is 6.65. The summed E-state index contributed by atoms with van der Waals surface area (Å²) in [5.41, 5.74) is 1.64. The van der Waals surface area contributed by atoms with Crippen LogP contribution in [-0.4, -0.2) is 41.1 Å². The molecule has 4 nitrogen and oxygen atoms in total. The van der Waals surface area contributed by atoms with Gasteiger partial charge in [0, 0.05) is 19.3 Å². The summed E-state index contributed by atoms with van der Waals surface area (Å²) in [6.45, 7) is -2.48.